The molecule has 0 aromatic carbocycles. The fourth-order valence-corrected chi connectivity index (χ4v) is 3.65. The summed E-state index contributed by atoms with van der Waals surface area (Å²) in [6.45, 7) is 2.97. The maximum Gasteiger partial charge on any atom is 0.166 e. The van der Waals surface area contributed by atoms with Crippen molar-refractivity contribution in [3.63, 3.8) is 0 Å². The zero-order valence-corrected chi connectivity index (χ0v) is 12.9. The molecule has 116 valence electrons. The first-order chi connectivity index (χ1) is 10.00. The van der Waals surface area contributed by atoms with Crippen LogP contribution in [-0.4, -0.2) is 49.9 Å². The number of rotatable bonds is 6. The molecule has 0 saturated carbocycles. The van der Waals surface area contributed by atoms with Crippen LogP contribution in [0.15, 0.2) is 18.5 Å². The van der Waals surface area contributed by atoms with Gasteiger partial charge in [0.15, 0.2) is 15.6 Å². The van der Waals surface area contributed by atoms with Crippen molar-refractivity contribution in [2.45, 2.75) is 25.8 Å². The molecule has 1 aliphatic rings. The van der Waals surface area contributed by atoms with Crippen molar-refractivity contribution in [3.8, 4) is 5.75 Å². The molecule has 1 saturated heterocycles. The second-order valence-electron chi connectivity index (χ2n) is 5.15. The molecule has 1 atom stereocenters. The molecule has 1 unspecified atom stereocenters. The fourth-order valence-electron chi connectivity index (χ4n) is 2.21. The highest BCUT2D eigenvalue weighted by Crippen LogP contribution is 2.15. The monoisotopic (exact) mass is 312 g/mol. The number of hydrogen-bond donors (Lipinski definition) is 1. The van der Waals surface area contributed by atoms with Gasteiger partial charge in [-0.05, 0) is 12.5 Å². The predicted octanol–water partition coefficient (Wildman–Crippen LogP) is 0.830. The molecule has 7 heteroatoms. The van der Waals surface area contributed by atoms with E-state index in [1.807, 2.05) is 6.92 Å². The minimum atomic E-state index is -3.03. The Kier molecular flexibility index (Phi) is 5.30. The SMILES string of the molecule is CCCOc1cncc(C(=O)CC2CS(=O)(=O)CCN2)c1. The van der Waals surface area contributed by atoms with Crippen molar-refractivity contribution in [2.75, 3.05) is 24.7 Å². The summed E-state index contributed by atoms with van der Waals surface area (Å²) < 4.78 is 28.6. The number of ether oxygens (including phenoxy) is 1. The number of carbonyl (C=O) groups excluding carboxylic acids is 1. The molecule has 1 aromatic rings. The Morgan fingerprint density at radius 3 is 3.00 bits per heavy atom. The van der Waals surface area contributed by atoms with E-state index in [0.29, 0.717) is 24.5 Å². The Labute approximate surface area is 124 Å². The van der Waals surface area contributed by atoms with E-state index in [1.54, 1.807) is 12.3 Å². The topological polar surface area (TPSA) is 85.4 Å². The van der Waals surface area contributed by atoms with Crippen LogP contribution in [0.3, 0.4) is 0 Å². The predicted molar refractivity (Wildman–Crippen MR) is 79.4 cm³/mol. The number of nitrogens with one attached hydrogen (secondary N) is 1. The van der Waals surface area contributed by atoms with Crippen molar-refractivity contribution < 1.29 is 17.9 Å². The Bertz CT molecular complexity index is 601. The molecule has 0 bridgehead atoms. The van der Waals surface area contributed by atoms with E-state index in [1.165, 1.54) is 6.20 Å². The number of hydrogen-bond acceptors (Lipinski definition) is 6. The van der Waals surface area contributed by atoms with Gasteiger partial charge in [0.25, 0.3) is 0 Å². The number of carbonyl (C=O) groups is 1. The summed E-state index contributed by atoms with van der Waals surface area (Å²) in [5, 5.41) is 3.07. The average molecular weight is 312 g/mol. The minimum absolute atomic E-state index is 0.0121. The molecule has 1 aromatic heterocycles. The maximum atomic E-state index is 12.2. The molecular formula is C14H20N2O4S. The van der Waals surface area contributed by atoms with Crippen LogP contribution >= 0.6 is 0 Å². The van der Waals surface area contributed by atoms with Crippen molar-refractivity contribution in [2.24, 2.45) is 0 Å². The van der Waals surface area contributed by atoms with Gasteiger partial charge < -0.3 is 10.1 Å². The van der Waals surface area contributed by atoms with Crippen LogP contribution in [0.1, 0.15) is 30.1 Å². The van der Waals surface area contributed by atoms with Gasteiger partial charge in [0, 0.05) is 30.8 Å². The summed E-state index contributed by atoms with van der Waals surface area (Å²) in [5.74, 6) is 0.587. The highest BCUT2D eigenvalue weighted by atomic mass is 32.2. The maximum absolute atomic E-state index is 12.2. The lowest BCUT2D eigenvalue weighted by Gasteiger charge is -2.22. The van der Waals surface area contributed by atoms with Crippen LogP contribution in [0.25, 0.3) is 0 Å². The molecule has 6 nitrogen and oxygen atoms in total. The Morgan fingerprint density at radius 2 is 2.29 bits per heavy atom. The highest BCUT2D eigenvalue weighted by Gasteiger charge is 2.26. The minimum Gasteiger partial charge on any atom is -0.492 e. The summed E-state index contributed by atoms with van der Waals surface area (Å²) in [7, 11) is -3.03. The quantitative estimate of drug-likeness (QED) is 0.783. The van der Waals surface area contributed by atoms with Gasteiger partial charge in [-0.15, -0.1) is 0 Å². The standard InChI is InChI=1S/C14H20N2O4S/c1-2-4-20-13-6-11(8-15-9-13)14(17)7-12-10-21(18,19)5-3-16-12/h6,8-9,12,16H,2-5,7,10H2,1H3. The van der Waals surface area contributed by atoms with Gasteiger partial charge in [-0.1, -0.05) is 6.92 Å². The third kappa shape index (κ3) is 4.78. The van der Waals surface area contributed by atoms with Crippen molar-refractivity contribution >= 4 is 15.6 Å². The second-order valence-corrected chi connectivity index (χ2v) is 7.38. The fraction of sp³-hybridized carbons (Fsp3) is 0.571. The van der Waals surface area contributed by atoms with Crippen LogP contribution < -0.4 is 10.1 Å². The van der Waals surface area contributed by atoms with E-state index in [-0.39, 0.29) is 29.8 Å². The van der Waals surface area contributed by atoms with Gasteiger partial charge in [0.05, 0.1) is 24.3 Å². The molecular weight excluding hydrogens is 292 g/mol. The lowest BCUT2D eigenvalue weighted by molar-refractivity contribution is 0.0971. The normalized spacial score (nSPS) is 20.9. The number of Topliss-reactive ketones (excluding diaryl/α,β-unsaturated/α-hetero) is 1. The largest absolute Gasteiger partial charge is 0.492 e. The van der Waals surface area contributed by atoms with Crippen LogP contribution in [0.2, 0.25) is 0 Å². The first kappa shape index (κ1) is 15.9. The van der Waals surface area contributed by atoms with Crippen molar-refractivity contribution in [1.29, 1.82) is 0 Å². The van der Waals surface area contributed by atoms with E-state index in [0.717, 1.165) is 6.42 Å². The van der Waals surface area contributed by atoms with Gasteiger partial charge >= 0.3 is 0 Å². The third-order valence-corrected chi connectivity index (χ3v) is 4.98. The molecule has 2 rings (SSSR count). The molecule has 1 fully saturated rings. The molecule has 0 aliphatic carbocycles. The average Bonchev–Trinajstić information content (AvgIpc) is 2.44. The van der Waals surface area contributed by atoms with Gasteiger partial charge in [0.2, 0.25) is 0 Å². The number of pyridine rings is 1. The Morgan fingerprint density at radius 1 is 1.48 bits per heavy atom. The molecule has 0 amide bonds. The van der Waals surface area contributed by atoms with Crippen LogP contribution in [-0.2, 0) is 9.84 Å². The van der Waals surface area contributed by atoms with Gasteiger partial charge in [-0.3, -0.25) is 9.78 Å². The number of nitrogens with zero attached hydrogens (tertiary/aromatic N) is 1. The molecule has 1 aliphatic heterocycles. The summed E-state index contributed by atoms with van der Waals surface area (Å²) in [5.41, 5.74) is 0.452. The lowest BCUT2D eigenvalue weighted by Crippen LogP contribution is -2.46. The van der Waals surface area contributed by atoms with Crippen LogP contribution in [0, 0.1) is 0 Å². The first-order valence-corrected chi connectivity index (χ1v) is 8.87. The van der Waals surface area contributed by atoms with Crippen molar-refractivity contribution in [1.82, 2.24) is 10.3 Å². The lowest BCUT2D eigenvalue weighted by atomic mass is 10.1. The van der Waals surface area contributed by atoms with E-state index < -0.39 is 9.84 Å². The number of aromatic nitrogens is 1. The summed E-state index contributed by atoms with van der Waals surface area (Å²) in [6, 6.07) is 1.33. The smallest absolute Gasteiger partial charge is 0.166 e. The van der Waals surface area contributed by atoms with E-state index in [9.17, 15) is 13.2 Å². The summed E-state index contributed by atoms with van der Waals surface area (Å²) >= 11 is 0. The second kappa shape index (κ2) is 7.00. The number of sulfone groups is 1. The number of ketones is 1. The van der Waals surface area contributed by atoms with E-state index in [2.05, 4.69) is 10.3 Å². The van der Waals surface area contributed by atoms with Crippen LogP contribution in [0.4, 0.5) is 0 Å². The van der Waals surface area contributed by atoms with E-state index >= 15 is 0 Å². The molecule has 0 radical (unpaired) electrons. The molecule has 2 heterocycles. The van der Waals surface area contributed by atoms with Crippen molar-refractivity contribution in [3.05, 3.63) is 24.0 Å². The first-order valence-electron chi connectivity index (χ1n) is 7.05. The van der Waals surface area contributed by atoms with E-state index in [4.69, 9.17) is 4.74 Å². The van der Waals surface area contributed by atoms with Gasteiger partial charge in [-0.25, -0.2) is 8.42 Å². The highest BCUT2D eigenvalue weighted by molar-refractivity contribution is 7.91. The van der Waals surface area contributed by atoms with Gasteiger partial charge in [-0.2, -0.15) is 0 Å². The Balaban J connectivity index is 1.99. The Hall–Kier alpha value is -1.47. The molecule has 0 spiro atoms. The summed E-state index contributed by atoms with van der Waals surface area (Å²) in [6.07, 6.45) is 4.08. The zero-order chi connectivity index (χ0) is 15.3. The van der Waals surface area contributed by atoms with Crippen LogP contribution in [0.5, 0.6) is 5.75 Å². The third-order valence-electron chi connectivity index (χ3n) is 3.24. The molecule has 21 heavy (non-hydrogen) atoms. The summed E-state index contributed by atoms with van der Waals surface area (Å²) in [4.78, 5) is 16.2. The van der Waals surface area contributed by atoms with Gasteiger partial charge in [0.1, 0.15) is 5.75 Å². The molecule has 1 N–H and O–H groups in total. The zero-order valence-electron chi connectivity index (χ0n) is 12.0.